The number of thiazole rings is 2. The summed E-state index contributed by atoms with van der Waals surface area (Å²) in [5, 5.41) is 23.7. The van der Waals surface area contributed by atoms with Crippen LogP contribution in [0.15, 0.2) is 150 Å². The summed E-state index contributed by atoms with van der Waals surface area (Å²) in [5.74, 6) is 0.131. The standard InChI is InChI=1S/C21H15N3O3S2.C15H11N3OS.C5H5NO3S/c25-20-19(21-23-17-8-4-5-9-18(17)28-21)15-12-13(10-11-16(15)22-20)24-29(26,27)14-6-2-1-3-7-14;16-8-5-6-10-9(7-8)13(14(19)17-10)15-18-11-3-1-2-4-12(11)20-15;7-10(8,9)5-2-1-3-6-4-5/h1-12,22,24-25H;1-7,17,19H,16H2;1-4H,(H,7,8,9). The van der Waals surface area contributed by atoms with E-state index in [-0.39, 0.29) is 21.6 Å². The number of fused-ring (bicyclic) bond motifs is 4. The van der Waals surface area contributed by atoms with E-state index in [1.807, 2.05) is 60.7 Å². The Morgan fingerprint density at radius 1 is 0.610 bits per heavy atom. The molecular weight excluding hydrogens is 831 g/mol. The normalized spacial score (nSPS) is 11.6. The fraction of sp³-hybridized carbons (Fsp3) is 0. The first-order valence-electron chi connectivity index (χ1n) is 17.5. The van der Waals surface area contributed by atoms with Crippen LogP contribution in [-0.2, 0) is 20.1 Å². The summed E-state index contributed by atoms with van der Waals surface area (Å²) in [4.78, 5) is 18.6. The summed E-state index contributed by atoms with van der Waals surface area (Å²) in [7, 11) is -7.77. The first-order chi connectivity index (χ1) is 28.3. The molecule has 0 saturated carbocycles. The van der Waals surface area contributed by atoms with Crippen molar-refractivity contribution in [3.8, 4) is 32.9 Å². The smallest absolute Gasteiger partial charge is 0.296 e. The molecule has 296 valence electrons. The molecule has 0 bridgehead atoms. The highest BCUT2D eigenvalue weighted by Crippen LogP contribution is 2.42. The topological polar surface area (TPSA) is 237 Å². The Hall–Kier alpha value is -6.83. The molecule has 0 aliphatic carbocycles. The fourth-order valence-corrected chi connectivity index (χ4v) is 9.71. The van der Waals surface area contributed by atoms with Crippen molar-refractivity contribution in [2.45, 2.75) is 9.79 Å². The number of H-pyrrole nitrogens is 2. The van der Waals surface area contributed by atoms with Crippen LogP contribution in [0.2, 0.25) is 0 Å². The van der Waals surface area contributed by atoms with Crippen molar-refractivity contribution in [2.75, 3.05) is 10.5 Å². The number of nitrogens with zero attached hydrogens (tertiary/aromatic N) is 3. The Morgan fingerprint density at radius 3 is 1.66 bits per heavy atom. The average molecular weight is 862 g/mol. The van der Waals surface area contributed by atoms with E-state index in [1.54, 1.807) is 53.8 Å². The molecule has 0 aliphatic rings. The molecule has 0 aliphatic heterocycles. The molecule has 59 heavy (non-hydrogen) atoms. The number of anilines is 2. The molecule has 0 atom stereocenters. The van der Waals surface area contributed by atoms with Gasteiger partial charge >= 0.3 is 0 Å². The molecule has 0 radical (unpaired) electrons. The van der Waals surface area contributed by atoms with Gasteiger partial charge in [-0.3, -0.25) is 14.3 Å². The number of para-hydroxylation sites is 2. The third-order valence-corrected chi connectivity index (χ3v) is 13.2. The van der Waals surface area contributed by atoms with Gasteiger partial charge in [-0.1, -0.05) is 42.5 Å². The van der Waals surface area contributed by atoms with E-state index in [0.29, 0.717) is 38.4 Å². The minimum atomic E-state index is -4.07. The van der Waals surface area contributed by atoms with E-state index in [4.69, 9.17) is 10.3 Å². The summed E-state index contributed by atoms with van der Waals surface area (Å²) in [6.07, 6.45) is 2.50. The van der Waals surface area contributed by atoms with E-state index >= 15 is 0 Å². The fourth-order valence-electron chi connectivity index (χ4n) is 6.14. The van der Waals surface area contributed by atoms with Gasteiger partial charge in [-0.15, -0.1) is 22.7 Å². The molecule has 5 heterocycles. The predicted molar refractivity (Wildman–Crippen MR) is 233 cm³/mol. The molecule has 0 unspecified atom stereocenters. The van der Waals surface area contributed by atoms with Gasteiger partial charge in [0.1, 0.15) is 14.9 Å². The summed E-state index contributed by atoms with van der Waals surface area (Å²) in [6, 6.07) is 37.2. The van der Waals surface area contributed by atoms with Gasteiger partial charge in [0.25, 0.3) is 20.1 Å². The number of hydrogen-bond donors (Lipinski definition) is 7. The molecule has 0 saturated heterocycles. The number of sulfonamides is 1. The lowest BCUT2D eigenvalue weighted by Crippen LogP contribution is -2.12. The van der Waals surface area contributed by atoms with Crippen LogP contribution < -0.4 is 10.5 Å². The highest BCUT2D eigenvalue weighted by molar-refractivity contribution is 7.92. The molecule has 5 aromatic carbocycles. The Kier molecular flexibility index (Phi) is 10.5. The van der Waals surface area contributed by atoms with Crippen LogP contribution in [0, 0.1) is 0 Å². The van der Waals surface area contributed by atoms with Gasteiger partial charge in [0.2, 0.25) is 0 Å². The highest BCUT2D eigenvalue weighted by atomic mass is 32.2. The summed E-state index contributed by atoms with van der Waals surface area (Å²) in [5.41, 5.74) is 11.5. The highest BCUT2D eigenvalue weighted by Gasteiger charge is 2.20. The van der Waals surface area contributed by atoms with Gasteiger partial charge in [0.15, 0.2) is 11.8 Å². The number of nitrogens with one attached hydrogen (secondary N) is 3. The third-order valence-electron chi connectivity index (χ3n) is 8.84. The number of aromatic amines is 2. The molecule has 18 heteroatoms. The van der Waals surface area contributed by atoms with Crippen LogP contribution in [-0.4, -0.2) is 56.5 Å². The zero-order valence-corrected chi connectivity index (χ0v) is 33.6. The van der Waals surface area contributed by atoms with Gasteiger partial charge in [-0.2, -0.15) is 8.42 Å². The SMILES string of the molecule is Nc1ccc2[nH]c(O)c(-c3nc4ccccc4s3)c2c1.O=S(=O)(Nc1ccc2[nH]c(O)c(-c3nc4ccccc4s3)c2c1)c1ccccc1.O=S(=O)(O)c1cccnc1. The summed E-state index contributed by atoms with van der Waals surface area (Å²) in [6.45, 7) is 0. The van der Waals surface area contributed by atoms with E-state index in [0.717, 1.165) is 42.5 Å². The number of hydrogen-bond acceptors (Lipinski definition) is 12. The van der Waals surface area contributed by atoms with Gasteiger partial charge in [-0.25, -0.2) is 18.4 Å². The van der Waals surface area contributed by atoms with Crippen molar-refractivity contribution < 1.29 is 31.6 Å². The third kappa shape index (κ3) is 8.29. The lowest BCUT2D eigenvalue weighted by Gasteiger charge is -2.08. The lowest BCUT2D eigenvalue weighted by molar-refractivity contribution is 0.459. The van der Waals surface area contributed by atoms with E-state index < -0.39 is 20.1 Å². The maximum absolute atomic E-state index is 12.6. The van der Waals surface area contributed by atoms with Crippen LogP contribution in [0.3, 0.4) is 0 Å². The van der Waals surface area contributed by atoms with Gasteiger partial charge < -0.3 is 25.9 Å². The summed E-state index contributed by atoms with van der Waals surface area (Å²) < 4.78 is 59.1. The van der Waals surface area contributed by atoms with Crippen LogP contribution in [0.25, 0.3) is 63.4 Å². The minimum absolute atomic E-state index is 0.00197. The molecule has 0 amide bonds. The van der Waals surface area contributed by atoms with Gasteiger partial charge in [0, 0.05) is 45.6 Å². The van der Waals surface area contributed by atoms with E-state index in [2.05, 4.69) is 29.6 Å². The second-order valence-corrected chi connectivity index (χ2v) is 18.0. The maximum Gasteiger partial charge on any atom is 0.296 e. The maximum atomic E-state index is 12.6. The van der Waals surface area contributed by atoms with Gasteiger partial charge in [-0.05, 0) is 84.9 Å². The number of pyridine rings is 1. The molecule has 14 nitrogen and oxygen atoms in total. The quantitative estimate of drug-likeness (QED) is 0.0615. The van der Waals surface area contributed by atoms with Crippen LogP contribution in [0.4, 0.5) is 11.4 Å². The summed E-state index contributed by atoms with van der Waals surface area (Å²) >= 11 is 3.03. The second kappa shape index (κ2) is 15.8. The number of benzene rings is 5. The van der Waals surface area contributed by atoms with E-state index in [1.165, 1.54) is 41.8 Å². The molecule has 10 aromatic rings. The number of aromatic hydroxyl groups is 2. The Balaban J connectivity index is 0.000000139. The van der Waals surface area contributed by atoms with Crippen molar-refractivity contribution in [3.05, 3.63) is 140 Å². The first kappa shape index (κ1) is 39.0. The number of rotatable bonds is 6. The molecule has 5 aromatic heterocycles. The molecule has 10 rings (SSSR count). The molecule has 0 spiro atoms. The number of nitrogens with two attached hydrogens (primary N) is 1. The predicted octanol–water partition coefficient (Wildman–Crippen LogP) is 9.01. The monoisotopic (exact) mass is 861 g/mol. The Morgan fingerprint density at radius 2 is 1.14 bits per heavy atom. The largest absolute Gasteiger partial charge is 0.494 e. The number of aromatic nitrogens is 5. The van der Waals surface area contributed by atoms with Crippen LogP contribution in [0.5, 0.6) is 11.8 Å². The van der Waals surface area contributed by atoms with Crippen molar-refractivity contribution >= 4 is 96.4 Å². The van der Waals surface area contributed by atoms with Crippen molar-refractivity contribution in [2.24, 2.45) is 0 Å². The van der Waals surface area contributed by atoms with E-state index in [9.17, 15) is 27.0 Å². The zero-order chi connectivity index (χ0) is 41.3. The van der Waals surface area contributed by atoms with Crippen molar-refractivity contribution in [1.29, 1.82) is 0 Å². The average Bonchev–Trinajstić information content (AvgIpc) is 4.00. The second-order valence-electron chi connectivity index (χ2n) is 12.8. The van der Waals surface area contributed by atoms with Crippen molar-refractivity contribution in [3.63, 3.8) is 0 Å². The Bertz CT molecular complexity index is 3280. The van der Waals surface area contributed by atoms with Crippen molar-refractivity contribution in [1.82, 2.24) is 24.9 Å². The molecule has 0 fully saturated rings. The lowest BCUT2D eigenvalue weighted by atomic mass is 10.1. The van der Waals surface area contributed by atoms with Crippen LogP contribution >= 0.6 is 22.7 Å². The first-order valence-corrected chi connectivity index (χ1v) is 22.0. The van der Waals surface area contributed by atoms with Crippen LogP contribution in [0.1, 0.15) is 0 Å². The number of nitrogen functional groups attached to an aromatic ring is 1. The zero-order valence-electron chi connectivity index (χ0n) is 30.3. The molecular formula is C41H31N7O7S4. The minimum Gasteiger partial charge on any atom is -0.494 e. The molecule has 8 N–H and O–H groups in total. The van der Waals surface area contributed by atoms with Gasteiger partial charge in [0.05, 0.1) is 36.5 Å². The Labute approximate surface area is 344 Å².